The molecule has 0 unspecified atom stereocenters. The van der Waals surface area contributed by atoms with Crippen LogP contribution in [0.3, 0.4) is 0 Å². The normalized spacial score (nSPS) is 16.4. The zero-order valence-corrected chi connectivity index (χ0v) is 16.4. The first-order chi connectivity index (χ1) is 11.6. The number of rotatable bonds is 5. The van der Waals surface area contributed by atoms with Crippen LogP contribution in [0.5, 0.6) is 11.5 Å². The van der Waals surface area contributed by atoms with Gasteiger partial charge < -0.3 is 18.9 Å². The van der Waals surface area contributed by atoms with Crippen LogP contribution in [-0.2, 0) is 19.1 Å². The number of halogens is 1. The maximum Gasteiger partial charge on any atom is 0.348 e. The molecule has 2 rings (SSSR count). The molecule has 1 aromatic rings. The Morgan fingerprint density at radius 3 is 2.32 bits per heavy atom. The third-order valence-electron chi connectivity index (χ3n) is 3.24. The molecule has 1 aromatic carbocycles. The second kappa shape index (κ2) is 7.47. The number of esters is 2. The molecule has 25 heavy (non-hydrogen) atoms. The number of carbonyl (C=O) groups is 2. The van der Waals surface area contributed by atoms with Crippen LogP contribution in [0.4, 0.5) is 0 Å². The molecule has 0 saturated carbocycles. The fraction of sp³-hybridized carbons (Fsp3) is 0.444. The lowest BCUT2D eigenvalue weighted by molar-refractivity contribution is -0.222. The molecule has 136 valence electrons. The fourth-order valence-electron chi connectivity index (χ4n) is 2.16. The first-order valence-corrected chi connectivity index (χ1v) is 8.61. The summed E-state index contributed by atoms with van der Waals surface area (Å²) < 4.78 is 21.9. The Bertz CT molecular complexity index is 699. The van der Waals surface area contributed by atoms with E-state index in [-0.39, 0.29) is 5.57 Å². The van der Waals surface area contributed by atoms with Crippen molar-refractivity contribution in [3.63, 3.8) is 0 Å². The minimum Gasteiger partial charge on any atom is -0.493 e. The van der Waals surface area contributed by atoms with E-state index in [0.29, 0.717) is 34.1 Å². The van der Waals surface area contributed by atoms with Gasteiger partial charge in [-0.2, -0.15) is 0 Å². The highest BCUT2D eigenvalue weighted by atomic mass is 79.9. The van der Waals surface area contributed by atoms with E-state index in [2.05, 4.69) is 15.9 Å². The van der Waals surface area contributed by atoms with Gasteiger partial charge >= 0.3 is 11.9 Å². The Morgan fingerprint density at radius 2 is 1.80 bits per heavy atom. The molecule has 0 amide bonds. The lowest BCUT2D eigenvalue weighted by Gasteiger charge is -2.29. The zero-order chi connectivity index (χ0) is 18.8. The SMILES string of the molecule is COc1cc(C=C2C(=O)OC(C)(C)OC2=O)cc(Br)c1OCC(C)C. The number of methoxy groups -OCH3 is 1. The van der Waals surface area contributed by atoms with Crippen molar-refractivity contribution in [2.24, 2.45) is 5.92 Å². The summed E-state index contributed by atoms with van der Waals surface area (Å²) in [5, 5.41) is 0. The van der Waals surface area contributed by atoms with Gasteiger partial charge in [0, 0.05) is 13.8 Å². The predicted molar refractivity (Wildman–Crippen MR) is 95.3 cm³/mol. The van der Waals surface area contributed by atoms with Crippen LogP contribution in [-0.4, -0.2) is 31.4 Å². The highest BCUT2D eigenvalue weighted by Crippen LogP contribution is 2.38. The summed E-state index contributed by atoms with van der Waals surface area (Å²) >= 11 is 3.44. The molecule has 1 saturated heterocycles. The van der Waals surface area contributed by atoms with E-state index in [1.807, 2.05) is 13.8 Å². The second-order valence-electron chi connectivity index (χ2n) is 6.48. The van der Waals surface area contributed by atoms with E-state index < -0.39 is 17.7 Å². The van der Waals surface area contributed by atoms with Gasteiger partial charge in [-0.15, -0.1) is 0 Å². The maximum atomic E-state index is 12.0. The summed E-state index contributed by atoms with van der Waals surface area (Å²) in [6.45, 7) is 7.62. The van der Waals surface area contributed by atoms with E-state index in [1.54, 1.807) is 12.1 Å². The van der Waals surface area contributed by atoms with Crippen LogP contribution < -0.4 is 9.47 Å². The van der Waals surface area contributed by atoms with Gasteiger partial charge in [0.05, 0.1) is 18.2 Å². The zero-order valence-electron chi connectivity index (χ0n) is 14.8. The summed E-state index contributed by atoms with van der Waals surface area (Å²) in [4.78, 5) is 24.1. The van der Waals surface area contributed by atoms with Gasteiger partial charge in [0.25, 0.3) is 5.79 Å². The average molecular weight is 413 g/mol. The van der Waals surface area contributed by atoms with Gasteiger partial charge in [-0.3, -0.25) is 0 Å². The minimum atomic E-state index is -1.27. The van der Waals surface area contributed by atoms with E-state index in [1.165, 1.54) is 27.0 Å². The average Bonchev–Trinajstić information content (AvgIpc) is 2.48. The van der Waals surface area contributed by atoms with Crippen LogP contribution in [0.15, 0.2) is 22.2 Å². The smallest absolute Gasteiger partial charge is 0.348 e. The van der Waals surface area contributed by atoms with Crippen molar-refractivity contribution in [3.05, 3.63) is 27.7 Å². The van der Waals surface area contributed by atoms with Crippen molar-refractivity contribution in [2.75, 3.05) is 13.7 Å². The van der Waals surface area contributed by atoms with Crippen molar-refractivity contribution in [2.45, 2.75) is 33.5 Å². The Hall–Kier alpha value is -2.02. The van der Waals surface area contributed by atoms with Gasteiger partial charge in [-0.1, -0.05) is 13.8 Å². The second-order valence-corrected chi connectivity index (χ2v) is 7.33. The van der Waals surface area contributed by atoms with Crippen LogP contribution in [0.2, 0.25) is 0 Å². The topological polar surface area (TPSA) is 71.1 Å². The molecule has 7 heteroatoms. The number of hydrogen-bond donors (Lipinski definition) is 0. The van der Waals surface area contributed by atoms with Gasteiger partial charge in [-0.05, 0) is 45.6 Å². The maximum absolute atomic E-state index is 12.0. The molecule has 0 N–H and O–H groups in total. The Morgan fingerprint density at radius 1 is 1.20 bits per heavy atom. The van der Waals surface area contributed by atoms with Crippen molar-refractivity contribution in [1.82, 2.24) is 0 Å². The standard InChI is InChI=1S/C18H21BrO6/c1-10(2)9-23-15-13(19)7-11(8-14(15)22-5)6-12-16(20)24-18(3,4)25-17(12)21/h6-8,10H,9H2,1-5H3. The quantitative estimate of drug-likeness (QED) is 0.417. The first-order valence-electron chi connectivity index (χ1n) is 7.81. The van der Waals surface area contributed by atoms with Crippen LogP contribution in [0.1, 0.15) is 33.3 Å². The summed E-state index contributed by atoms with van der Waals surface area (Å²) in [6, 6.07) is 3.40. The molecule has 1 fully saturated rings. The highest BCUT2D eigenvalue weighted by molar-refractivity contribution is 9.10. The molecule has 0 atom stereocenters. The summed E-state index contributed by atoms with van der Waals surface area (Å²) in [5.74, 6) is -1.31. The van der Waals surface area contributed by atoms with Crippen molar-refractivity contribution in [1.29, 1.82) is 0 Å². The van der Waals surface area contributed by atoms with Gasteiger partial charge in [-0.25, -0.2) is 9.59 Å². The first kappa shape index (κ1) is 19.3. The predicted octanol–water partition coefficient (Wildman–Crippen LogP) is 3.71. The van der Waals surface area contributed by atoms with E-state index in [9.17, 15) is 9.59 Å². The molecule has 1 heterocycles. The number of benzene rings is 1. The minimum absolute atomic E-state index is 0.177. The number of hydrogen-bond acceptors (Lipinski definition) is 6. The largest absolute Gasteiger partial charge is 0.493 e. The van der Waals surface area contributed by atoms with Crippen molar-refractivity contribution >= 4 is 33.9 Å². The molecular formula is C18H21BrO6. The number of cyclic esters (lactones) is 2. The lowest BCUT2D eigenvalue weighted by Crippen LogP contribution is -2.41. The Kier molecular flexibility index (Phi) is 5.77. The van der Waals surface area contributed by atoms with Crippen LogP contribution in [0, 0.1) is 5.92 Å². The van der Waals surface area contributed by atoms with E-state index in [4.69, 9.17) is 18.9 Å². The van der Waals surface area contributed by atoms with E-state index >= 15 is 0 Å². The third-order valence-corrected chi connectivity index (χ3v) is 3.83. The molecule has 0 radical (unpaired) electrons. The molecule has 1 aliphatic heterocycles. The van der Waals surface area contributed by atoms with Crippen molar-refractivity contribution < 1.29 is 28.5 Å². The summed E-state index contributed by atoms with van der Waals surface area (Å²) in [5.41, 5.74) is 0.397. The number of carbonyl (C=O) groups excluding carboxylic acids is 2. The molecule has 0 aliphatic carbocycles. The number of ether oxygens (including phenoxy) is 4. The molecule has 1 aliphatic rings. The van der Waals surface area contributed by atoms with Crippen LogP contribution >= 0.6 is 15.9 Å². The van der Waals surface area contributed by atoms with Gasteiger partial charge in [0.15, 0.2) is 11.5 Å². The molecule has 6 nitrogen and oxygen atoms in total. The summed E-state index contributed by atoms with van der Waals surface area (Å²) in [6.07, 6.45) is 1.40. The fourth-order valence-corrected chi connectivity index (χ4v) is 2.73. The monoisotopic (exact) mass is 412 g/mol. The van der Waals surface area contributed by atoms with E-state index in [0.717, 1.165) is 0 Å². The Labute approximate surface area is 155 Å². The molecule has 0 spiro atoms. The molecule has 0 bridgehead atoms. The van der Waals surface area contributed by atoms with Crippen molar-refractivity contribution in [3.8, 4) is 11.5 Å². The van der Waals surface area contributed by atoms with Gasteiger partial charge in [0.1, 0.15) is 5.57 Å². The highest BCUT2D eigenvalue weighted by Gasteiger charge is 2.38. The van der Waals surface area contributed by atoms with Gasteiger partial charge in [0.2, 0.25) is 0 Å². The molecular weight excluding hydrogens is 392 g/mol. The summed E-state index contributed by atoms with van der Waals surface area (Å²) in [7, 11) is 1.52. The Balaban J connectivity index is 2.36. The lowest BCUT2D eigenvalue weighted by atomic mass is 10.1. The third kappa shape index (κ3) is 4.75. The van der Waals surface area contributed by atoms with Crippen LogP contribution in [0.25, 0.3) is 6.08 Å². The molecule has 0 aromatic heterocycles.